The molecule has 3 amide bonds. The molecule has 1 atom stereocenters. The second-order valence-electron chi connectivity index (χ2n) is 13.3. The molecule has 9 N–H and O–H groups in total. The molecule has 324 valence electrons. The summed E-state index contributed by atoms with van der Waals surface area (Å²) in [5.74, 6) is -4.53. The van der Waals surface area contributed by atoms with E-state index in [0.717, 1.165) is 68.9 Å². The van der Waals surface area contributed by atoms with Crippen LogP contribution in [0.1, 0.15) is 42.4 Å². The summed E-state index contributed by atoms with van der Waals surface area (Å²) in [6, 6.07) is 27.3. The van der Waals surface area contributed by atoms with Gasteiger partial charge in [0.1, 0.15) is 35.6 Å². The van der Waals surface area contributed by atoms with Crippen molar-refractivity contribution < 1.29 is 71.2 Å². The number of aliphatic carboxylic acids is 2. The predicted octanol–water partition coefficient (Wildman–Crippen LogP) is 4.31. The van der Waals surface area contributed by atoms with Crippen LogP contribution in [0.2, 0.25) is 0 Å². The molecule has 0 spiro atoms. The third-order valence-corrected chi connectivity index (χ3v) is 8.98. The van der Waals surface area contributed by atoms with Crippen LogP contribution in [-0.2, 0) is 20.8 Å². The summed E-state index contributed by atoms with van der Waals surface area (Å²) in [5, 5.41) is 29.9. The molecular formula is C41H41F6N7O7. The number of nitrogens with one attached hydrogen (secondary N) is 6. The molecule has 4 aromatic carbocycles. The topological polar surface area (TPSA) is 233 Å². The van der Waals surface area contributed by atoms with Crippen molar-refractivity contribution in [2.24, 2.45) is 0 Å². The molecule has 6 aromatic rings. The first-order chi connectivity index (χ1) is 28.8. The van der Waals surface area contributed by atoms with Gasteiger partial charge in [0.25, 0.3) is 5.82 Å². The third-order valence-electron chi connectivity index (χ3n) is 8.98. The Morgan fingerprint density at radius 3 is 2.11 bits per heavy atom. The van der Waals surface area contributed by atoms with E-state index in [9.17, 15) is 35.9 Å². The Hall–Kier alpha value is -7.09. The number of halogens is 6. The number of hydrogen-bond acceptors (Lipinski definition) is 7. The Kier molecular flexibility index (Phi) is 15.8. The number of benzene rings is 4. The maximum absolute atomic E-state index is 13.6. The zero-order chi connectivity index (χ0) is 44.9. The first kappa shape index (κ1) is 46.6. The molecular weight excluding hydrogens is 816 g/mol. The molecule has 20 heteroatoms. The van der Waals surface area contributed by atoms with E-state index < -0.39 is 24.3 Å². The van der Waals surface area contributed by atoms with Gasteiger partial charge in [-0.25, -0.2) is 14.8 Å². The van der Waals surface area contributed by atoms with Crippen molar-refractivity contribution in [3.8, 4) is 17.0 Å². The van der Waals surface area contributed by atoms with E-state index in [4.69, 9.17) is 24.5 Å². The highest BCUT2D eigenvalue weighted by molar-refractivity contribution is 5.92. The van der Waals surface area contributed by atoms with Crippen LogP contribution in [0.15, 0.2) is 91.1 Å². The van der Waals surface area contributed by atoms with Gasteiger partial charge in [-0.2, -0.15) is 26.3 Å². The van der Waals surface area contributed by atoms with Crippen LogP contribution in [0.4, 0.5) is 42.5 Å². The van der Waals surface area contributed by atoms with Crippen molar-refractivity contribution in [2.45, 2.75) is 51.0 Å². The number of para-hydroxylation sites is 1. The van der Waals surface area contributed by atoms with E-state index in [0.29, 0.717) is 18.7 Å². The number of carboxylic acids is 2. The van der Waals surface area contributed by atoms with E-state index >= 15 is 0 Å². The molecule has 0 saturated carbocycles. The van der Waals surface area contributed by atoms with Crippen LogP contribution < -0.4 is 41.6 Å². The molecule has 14 nitrogen and oxygen atoms in total. The van der Waals surface area contributed by atoms with Crippen molar-refractivity contribution >= 4 is 56.9 Å². The summed E-state index contributed by atoms with van der Waals surface area (Å²) in [7, 11) is 1.64. The molecule has 0 unspecified atom stereocenters. The summed E-state index contributed by atoms with van der Waals surface area (Å²) in [6.45, 7) is 2.49. The summed E-state index contributed by atoms with van der Waals surface area (Å²) < 4.78 is 68.5. The lowest BCUT2D eigenvalue weighted by Gasteiger charge is -2.15. The SMILES string of the molecule is COc1ccc2[nH]c(C)c(CC(=O)N[C@@H](CCCCNC(=O)Nc3ccccc3[NH3+])c3[nH]c(-c4ccc5ccccc5c4)c[nH+]3)c2c1.O=C([O-])C(F)(F)F.O=C([O-])C(F)(F)F. The number of hydrogen-bond donors (Lipinski definition) is 6. The van der Waals surface area contributed by atoms with E-state index in [2.05, 4.69) is 67.0 Å². The van der Waals surface area contributed by atoms with Gasteiger partial charge in [-0.3, -0.25) is 4.79 Å². The monoisotopic (exact) mass is 857 g/mol. The van der Waals surface area contributed by atoms with Gasteiger partial charge in [-0.15, -0.1) is 0 Å². The average molecular weight is 858 g/mol. The van der Waals surface area contributed by atoms with Gasteiger partial charge in [0, 0.05) is 34.8 Å². The maximum atomic E-state index is 13.6. The minimum atomic E-state index is -5.19. The normalized spacial score (nSPS) is 11.7. The molecule has 2 aromatic heterocycles. The number of urea groups is 1. The second-order valence-corrected chi connectivity index (χ2v) is 13.3. The standard InChI is InChI=1S/C37H39N7O3.2C2HF3O2/c1-23-28(29-20-27(47-2)16-17-31(29)41-23)21-35(45)42-33(13-7-8-18-39-37(46)44-32-12-6-5-11-30(32)38)36-40-22-34(43-36)26-15-14-24-9-3-4-10-25(24)19-26;2*3-2(4,5)1(6)7/h3-6,9-12,14-17,19-20,22,33,41H,7-8,13,18,21,38H2,1-2H3,(H,40,43)(H,42,45)(H2,39,44,46);2*(H,6,7)/t33-;;/m0../s1. The minimum absolute atomic E-state index is 0.0820. The number of aryl methyl sites for hydroxylation is 1. The number of amides is 3. The van der Waals surface area contributed by atoms with Gasteiger partial charge in [-0.1, -0.05) is 42.5 Å². The number of imidazole rings is 1. The number of anilines is 1. The number of alkyl halides is 6. The molecule has 0 aliphatic carbocycles. The van der Waals surface area contributed by atoms with Crippen molar-refractivity contribution in [3.63, 3.8) is 0 Å². The van der Waals surface area contributed by atoms with E-state index in [1.54, 1.807) is 7.11 Å². The fourth-order valence-corrected chi connectivity index (χ4v) is 5.96. The van der Waals surface area contributed by atoms with E-state index in [1.165, 1.54) is 5.39 Å². The number of quaternary nitrogens is 1. The molecule has 0 bridgehead atoms. The van der Waals surface area contributed by atoms with Crippen LogP contribution in [0.5, 0.6) is 5.75 Å². The molecule has 0 aliphatic rings. The largest absolute Gasteiger partial charge is 0.542 e. The Labute approximate surface area is 343 Å². The molecule has 0 aliphatic heterocycles. The minimum Gasteiger partial charge on any atom is -0.542 e. The van der Waals surface area contributed by atoms with Gasteiger partial charge >= 0.3 is 18.4 Å². The lowest BCUT2D eigenvalue weighted by Crippen LogP contribution is -2.42. The number of unbranched alkanes of at least 4 members (excludes halogenated alkanes) is 1. The molecule has 6 rings (SSSR count). The molecule has 2 heterocycles. The molecule has 61 heavy (non-hydrogen) atoms. The highest BCUT2D eigenvalue weighted by Crippen LogP contribution is 2.28. The fourth-order valence-electron chi connectivity index (χ4n) is 5.96. The number of aromatic nitrogens is 3. The smallest absolute Gasteiger partial charge is 0.430 e. The zero-order valence-corrected chi connectivity index (χ0v) is 32.6. The summed E-state index contributed by atoms with van der Waals surface area (Å²) >= 11 is 0. The molecule has 0 radical (unpaired) electrons. The number of methoxy groups -OCH3 is 1. The summed E-state index contributed by atoms with van der Waals surface area (Å²) in [5.41, 5.74) is 10.3. The van der Waals surface area contributed by atoms with E-state index in [-0.39, 0.29) is 24.4 Å². The van der Waals surface area contributed by atoms with Crippen molar-refractivity contribution in [1.82, 2.24) is 20.6 Å². The number of carboxylic acid groups (broad SMARTS) is 2. The first-order valence-electron chi connectivity index (χ1n) is 18.3. The van der Waals surface area contributed by atoms with Crippen molar-refractivity contribution in [1.29, 1.82) is 0 Å². The Morgan fingerprint density at radius 1 is 0.836 bits per heavy atom. The molecule has 0 fully saturated rings. The number of fused-ring (bicyclic) bond motifs is 2. The molecule has 0 saturated heterocycles. The number of H-pyrrole nitrogens is 3. The highest BCUT2D eigenvalue weighted by atomic mass is 19.4. The fraction of sp³-hybridized carbons (Fsp3) is 0.244. The lowest BCUT2D eigenvalue weighted by molar-refractivity contribution is -0.391. The number of carbonyl (C=O) groups is 4. The average Bonchev–Trinajstić information content (AvgIpc) is 3.82. The van der Waals surface area contributed by atoms with Gasteiger partial charge in [0.05, 0.1) is 13.5 Å². The first-order valence-corrected chi connectivity index (χ1v) is 18.3. The van der Waals surface area contributed by atoms with Crippen molar-refractivity contribution in [2.75, 3.05) is 19.0 Å². The van der Waals surface area contributed by atoms with Crippen LogP contribution in [0, 0.1) is 6.92 Å². The van der Waals surface area contributed by atoms with Crippen LogP contribution >= 0.6 is 0 Å². The highest BCUT2D eigenvalue weighted by Gasteiger charge is 2.29. The van der Waals surface area contributed by atoms with Crippen LogP contribution in [0.3, 0.4) is 0 Å². The van der Waals surface area contributed by atoms with Gasteiger partial charge in [0.2, 0.25) is 5.91 Å². The zero-order valence-electron chi connectivity index (χ0n) is 32.6. The maximum Gasteiger partial charge on any atom is 0.430 e. The number of carbonyl (C=O) groups excluding carboxylic acids is 4. The number of rotatable bonds is 12. The summed E-state index contributed by atoms with van der Waals surface area (Å²) in [6.07, 6.45) is -6.03. The van der Waals surface area contributed by atoms with Crippen molar-refractivity contribution in [3.05, 3.63) is 108 Å². The Morgan fingerprint density at radius 2 is 1.48 bits per heavy atom. The quantitative estimate of drug-likeness (QED) is 0.0771. The number of aromatic amines is 3. The number of ether oxygens (including phenoxy) is 1. The van der Waals surface area contributed by atoms with Gasteiger partial charge < -0.3 is 51.2 Å². The van der Waals surface area contributed by atoms with E-state index in [1.807, 2.05) is 67.7 Å². The Bertz CT molecular complexity index is 2440. The van der Waals surface area contributed by atoms with Gasteiger partial charge in [-0.05, 0) is 78.9 Å². The summed E-state index contributed by atoms with van der Waals surface area (Å²) in [4.78, 5) is 53.9. The van der Waals surface area contributed by atoms with Crippen LogP contribution in [0.25, 0.3) is 32.9 Å². The predicted molar refractivity (Wildman–Crippen MR) is 206 cm³/mol. The third kappa shape index (κ3) is 13.7. The Balaban J connectivity index is 0.000000504. The lowest BCUT2D eigenvalue weighted by atomic mass is 10.0. The second kappa shape index (κ2) is 20.7. The van der Waals surface area contributed by atoms with Gasteiger partial charge in [0.15, 0.2) is 11.4 Å². The van der Waals surface area contributed by atoms with Crippen LogP contribution in [-0.4, -0.2) is 59.9 Å².